The molecule has 1 heterocycles. The van der Waals surface area contributed by atoms with Gasteiger partial charge in [-0.1, -0.05) is 42.5 Å². The highest BCUT2D eigenvalue weighted by molar-refractivity contribution is 7.91. The number of hydrogen-bond donors (Lipinski definition) is 6. The molecule has 218 valence electrons. The lowest BCUT2D eigenvalue weighted by molar-refractivity contribution is -0.134. The second-order valence-corrected chi connectivity index (χ2v) is 13.3. The van der Waals surface area contributed by atoms with Crippen LogP contribution in [0, 0.1) is 5.41 Å². The van der Waals surface area contributed by atoms with Crippen molar-refractivity contribution in [2.24, 2.45) is 10.9 Å². The van der Waals surface area contributed by atoms with E-state index >= 15 is 0 Å². The third-order valence-electron chi connectivity index (χ3n) is 6.32. The van der Waals surface area contributed by atoms with Crippen LogP contribution in [-0.2, 0) is 29.4 Å². The van der Waals surface area contributed by atoms with Crippen LogP contribution in [0.1, 0.15) is 25.3 Å². The van der Waals surface area contributed by atoms with E-state index in [1.54, 1.807) is 66.7 Å². The second-order valence-electron chi connectivity index (χ2n) is 9.45. The molecule has 0 atom stereocenters. The Morgan fingerprint density at radius 2 is 1.54 bits per heavy atom. The molecule has 1 saturated heterocycles. The number of amidine groups is 1. The summed E-state index contributed by atoms with van der Waals surface area (Å²) in [6.45, 7) is 1.08. The van der Waals surface area contributed by atoms with Crippen molar-refractivity contribution in [3.63, 3.8) is 0 Å². The summed E-state index contributed by atoms with van der Waals surface area (Å²) in [5, 5.41) is 26.5. The molecule has 3 aromatic carbocycles. The van der Waals surface area contributed by atoms with Crippen LogP contribution in [0.2, 0.25) is 0 Å². The highest BCUT2D eigenvalue weighted by Crippen LogP contribution is 2.32. The zero-order valence-electron chi connectivity index (χ0n) is 22.1. The van der Waals surface area contributed by atoms with Crippen LogP contribution in [-0.4, -0.2) is 56.7 Å². The first-order valence-electron chi connectivity index (χ1n) is 12.3. The zero-order chi connectivity index (χ0) is 30.4. The highest BCUT2D eigenvalue weighted by atomic mass is 32.2. The number of anilines is 2. The number of primary sulfonamides is 1. The van der Waals surface area contributed by atoms with Crippen LogP contribution >= 0.6 is 0 Å². The fraction of sp³-hybridized carbons (Fsp3) is 0.222. The fourth-order valence-corrected chi connectivity index (χ4v) is 6.56. The van der Waals surface area contributed by atoms with Gasteiger partial charge in [-0.3, -0.25) is 15.0 Å². The molecule has 0 unspecified atom stereocenters. The predicted octanol–water partition coefficient (Wildman–Crippen LogP) is 2.37. The number of nitrogens with one attached hydrogen (secondary N) is 3. The van der Waals surface area contributed by atoms with Crippen LogP contribution in [0.3, 0.4) is 0 Å². The third kappa shape index (κ3) is 8.36. The Morgan fingerprint density at radius 1 is 0.951 bits per heavy atom. The lowest BCUT2D eigenvalue weighted by Crippen LogP contribution is -2.54. The molecule has 1 amide bonds. The molecule has 12 nitrogen and oxygen atoms in total. The largest absolute Gasteiger partial charge is 0.481 e. The van der Waals surface area contributed by atoms with E-state index in [1.807, 2.05) is 0 Å². The van der Waals surface area contributed by atoms with Gasteiger partial charge < -0.3 is 21.5 Å². The minimum absolute atomic E-state index is 0.00820. The summed E-state index contributed by atoms with van der Waals surface area (Å²) in [4.78, 5) is 22.5. The number of sulfonamides is 1. The van der Waals surface area contributed by atoms with E-state index in [4.69, 9.17) is 26.2 Å². The van der Waals surface area contributed by atoms with Crippen LogP contribution < -0.4 is 21.5 Å². The molecule has 41 heavy (non-hydrogen) atoms. The van der Waals surface area contributed by atoms with Crippen molar-refractivity contribution in [3.05, 3.63) is 78.4 Å². The summed E-state index contributed by atoms with van der Waals surface area (Å²) in [5.74, 6) is -1.67. The number of carbonyl (C=O) groups excluding carboxylic acids is 1. The summed E-state index contributed by atoms with van der Waals surface area (Å²) in [7, 11) is -7.19. The molecular formula is C27H31N5O7S2. The van der Waals surface area contributed by atoms with Crippen LogP contribution in [0.25, 0.3) is 11.1 Å². The Labute approximate surface area is 238 Å². The number of hydrogen-bond acceptors (Lipinski definition) is 8. The Bertz CT molecular complexity index is 1650. The van der Waals surface area contributed by atoms with Crippen LogP contribution in [0.5, 0.6) is 0 Å². The number of aliphatic carboxylic acids is 1. The Hall–Kier alpha value is -4.27. The van der Waals surface area contributed by atoms with Gasteiger partial charge in [-0.05, 0) is 48.7 Å². The number of nitrogen functional groups attached to an aromatic ring is 1. The van der Waals surface area contributed by atoms with Crippen molar-refractivity contribution in [3.8, 4) is 11.1 Å². The number of rotatable bonds is 7. The Kier molecular flexibility index (Phi) is 9.53. The molecule has 0 aromatic heterocycles. The second kappa shape index (κ2) is 12.5. The van der Waals surface area contributed by atoms with Crippen molar-refractivity contribution >= 4 is 48.9 Å². The molecule has 0 spiro atoms. The average molecular weight is 602 g/mol. The molecule has 3 aromatic rings. The predicted molar refractivity (Wildman–Crippen MR) is 157 cm³/mol. The maximum Gasteiger partial charge on any atom is 0.300 e. The van der Waals surface area contributed by atoms with Gasteiger partial charge in [0, 0.05) is 29.4 Å². The van der Waals surface area contributed by atoms with Crippen molar-refractivity contribution < 1.29 is 31.5 Å². The number of amides is 1. The molecule has 0 radical (unpaired) electrons. The molecule has 4 rings (SSSR count). The number of carboxylic acids is 1. The molecule has 0 saturated carbocycles. The van der Waals surface area contributed by atoms with Gasteiger partial charge in [-0.15, -0.1) is 0 Å². The molecule has 0 bridgehead atoms. The number of carbonyl (C=O) groups is 2. The summed E-state index contributed by atoms with van der Waals surface area (Å²) < 4.78 is 48.2. The van der Waals surface area contributed by atoms with Gasteiger partial charge in [-0.25, -0.2) is 22.0 Å². The van der Waals surface area contributed by atoms with E-state index in [-0.39, 0.29) is 35.1 Å². The van der Waals surface area contributed by atoms with E-state index in [2.05, 4.69) is 10.6 Å². The zero-order valence-corrected chi connectivity index (χ0v) is 23.8. The normalized spacial score (nSPS) is 15.5. The third-order valence-corrected chi connectivity index (χ3v) is 8.94. The summed E-state index contributed by atoms with van der Waals surface area (Å²) in [6, 6.07) is 19.7. The first kappa shape index (κ1) is 31.3. The first-order valence-corrected chi connectivity index (χ1v) is 15.6. The molecule has 1 aliphatic heterocycles. The van der Waals surface area contributed by atoms with Gasteiger partial charge in [-0.2, -0.15) is 0 Å². The van der Waals surface area contributed by atoms with Gasteiger partial charge in [0.1, 0.15) is 11.4 Å². The van der Waals surface area contributed by atoms with E-state index in [1.165, 1.54) is 6.07 Å². The van der Waals surface area contributed by atoms with Gasteiger partial charge >= 0.3 is 0 Å². The number of sulfone groups is 1. The van der Waals surface area contributed by atoms with E-state index in [0.29, 0.717) is 28.1 Å². The maximum absolute atomic E-state index is 13.5. The van der Waals surface area contributed by atoms with Crippen molar-refractivity contribution in [2.75, 3.05) is 22.1 Å². The Balaban J connectivity index is 0.00000108. The number of nitrogens with two attached hydrogens (primary N) is 2. The topological polar surface area (TPSA) is 223 Å². The van der Waals surface area contributed by atoms with Gasteiger partial charge in [0.15, 0.2) is 9.84 Å². The smallest absolute Gasteiger partial charge is 0.300 e. The van der Waals surface area contributed by atoms with Crippen LogP contribution in [0.4, 0.5) is 11.4 Å². The monoisotopic (exact) mass is 601 g/mol. The number of carboxylic acid groups (broad SMARTS) is 1. The quantitative estimate of drug-likeness (QED) is 0.172. The fourth-order valence-electron chi connectivity index (χ4n) is 4.27. The molecule has 14 heteroatoms. The SMILES string of the molecule is CC(=O)O.N=C(N)c1cccc(NC2(C(=O)Nc3ccc(-c4ccccc4S(N)(=O)=O)cc3)CCS(=O)(=O)CC2)c1. The molecule has 1 aliphatic rings. The van der Waals surface area contributed by atoms with Gasteiger partial charge in [0.25, 0.3) is 5.97 Å². The molecule has 1 fully saturated rings. The van der Waals surface area contributed by atoms with E-state index in [9.17, 15) is 21.6 Å². The van der Waals surface area contributed by atoms with Gasteiger partial charge in [0.05, 0.1) is 16.4 Å². The van der Waals surface area contributed by atoms with Crippen molar-refractivity contribution in [1.29, 1.82) is 5.41 Å². The highest BCUT2D eigenvalue weighted by Gasteiger charge is 2.43. The van der Waals surface area contributed by atoms with E-state index < -0.39 is 37.3 Å². The van der Waals surface area contributed by atoms with E-state index in [0.717, 1.165) is 6.92 Å². The first-order chi connectivity index (χ1) is 19.1. The Morgan fingerprint density at radius 3 is 2.10 bits per heavy atom. The summed E-state index contributed by atoms with van der Waals surface area (Å²) in [5.41, 5.74) is 6.88. The number of benzene rings is 3. The van der Waals surface area contributed by atoms with Gasteiger partial charge in [0.2, 0.25) is 15.9 Å². The maximum atomic E-state index is 13.5. The standard InChI is InChI=1S/C25H27N5O5S2.C2H4O2/c26-23(27)18-4-3-5-20(16-18)30-25(12-14-36(32,33)15-13-25)24(31)29-19-10-8-17(9-11-19)21-6-1-2-7-22(21)37(28,34)35;1-2(3)4/h1-11,16,30H,12-15H2,(H3,26,27)(H,29,31)(H2,28,34,35);1H3,(H,3,4). The minimum atomic E-state index is -3.93. The minimum Gasteiger partial charge on any atom is -0.481 e. The molecule has 8 N–H and O–H groups in total. The van der Waals surface area contributed by atoms with Crippen molar-refractivity contribution in [2.45, 2.75) is 30.2 Å². The summed E-state index contributed by atoms with van der Waals surface area (Å²) >= 11 is 0. The molecule has 0 aliphatic carbocycles. The van der Waals surface area contributed by atoms with Crippen molar-refractivity contribution in [1.82, 2.24) is 0 Å². The lowest BCUT2D eigenvalue weighted by Gasteiger charge is -2.37. The molecular weight excluding hydrogens is 570 g/mol. The summed E-state index contributed by atoms with van der Waals surface area (Å²) in [6.07, 6.45) is 0.122. The van der Waals surface area contributed by atoms with Crippen LogP contribution in [0.15, 0.2) is 77.7 Å². The average Bonchev–Trinajstić information content (AvgIpc) is 2.90. The lowest BCUT2D eigenvalue weighted by atomic mass is 9.90.